The van der Waals surface area contributed by atoms with E-state index in [-0.39, 0.29) is 6.61 Å². The standard InChI is InChI=1S/C20H30O9/c1-10-14(21)17(24)19(26)20(28-10)27-9-13-16(23)18(25)15(22)12(29-13)8-7-11-5-3-2-4-6-11/h2-6,10,12-26H,7-9H2,1H3. The van der Waals surface area contributed by atoms with Gasteiger partial charge in [-0.3, -0.25) is 0 Å². The van der Waals surface area contributed by atoms with Gasteiger partial charge in [-0.1, -0.05) is 30.3 Å². The molecule has 9 nitrogen and oxygen atoms in total. The Bertz CT molecular complexity index is 630. The summed E-state index contributed by atoms with van der Waals surface area (Å²) in [5.41, 5.74) is 1.05. The molecule has 29 heavy (non-hydrogen) atoms. The number of hydrogen-bond acceptors (Lipinski definition) is 9. The van der Waals surface area contributed by atoms with E-state index in [9.17, 15) is 30.6 Å². The first-order valence-corrected chi connectivity index (χ1v) is 9.84. The summed E-state index contributed by atoms with van der Waals surface area (Å²) in [5.74, 6) is 0. The van der Waals surface area contributed by atoms with Crippen LogP contribution in [0.2, 0.25) is 0 Å². The molecule has 3 rings (SSSR count). The lowest BCUT2D eigenvalue weighted by Gasteiger charge is -2.42. The Balaban J connectivity index is 1.58. The molecule has 2 fully saturated rings. The van der Waals surface area contributed by atoms with Crippen molar-refractivity contribution in [2.24, 2.45) is 0 Å². The van der Waals surface area contributed by atoms with Crippen molar-refractivity contribution in [3.05, 3.63) is 35.9 Å². The van der Waals surface area contributed by atoms with Crippen LogP contribution < -0.4 is 0 Å². The Labute approximate surface area is 169 Å². The molecular weight excluding hydrogens is 384 g/mol. The van der Waals surface area contributed by atoms with Crippen LogP contribution in [0.5, 0.6) is 0 Å². The maximum Gasteiger partial charge on any atom is 0.186 e. The van der Waals surface area contributed by atoms with Crippen LogP contribution in [-0.2, 0) is 20.6 Å². The van der Waals surface area contributed by atoms with E-state index in [1.54, 1.807) is 0 Å². The van der Waals surface area contributed by atoms with E-state index in [1.807, 2.05) is 30.3 Å². The Morgan fingerprint density at radius 2 is 1.38 bits per heavy atom. The van der Waals surface area contributed by atoms with Crippen molar-refractivity contribution in [3.63, 3.8) is 0 Å². The van der Waals surface area contributed by atoms with Crippen molar-refractivity contribution in [1.29, 1.82) is 0 Å². The van der Waals surface area contributed by atoms with Gasteiger partial charge in [0.05, 0.1) is 18.8 Å². The van der Waals surface area contributed by atoms with E-state index in [0.29, 0.717) is 12.8 Å². The van der Waals surface area contributed by atoms with Crippen LogP contribution in [-0.4, -0.2) is 98.5 Å². The Hall–Kier alpha value is -1.14. The summed E-state index contributed by atoms with van der Waals surface area (Å²) < 4.78 is 16.6. The summed E-state index contributed by atoms with van der Waals surface area (Å²) in [7, 11) is 0. The number of rotatable bonds is 6. The molecule has 0 amide bonds. The Morgan fingerprint density at radius 1 is 0.759 bits per heavy atom. The largest absolute Gasteiger partial charge is 0.388 e. The van der Waals surface area contributed by atoms with Crippen molar-refractivity contribution in [3.8, 4) is 0 Å². The third kappa shape index (κ3) is 5.13. The Kier molecular flexibility index (Phi) is 7.60. The van der Waals surface area contributed by atoms with Gasteiger partial charge in [0.25, 0.3) is 0 Å². The van der Waals surface area contributed by atoms with Crippen molar-refractivity contribution in [2.75, 3.05) is 6.61 Å². The fourth-order valence-electron chi connectivity index (χ4n) is 3.70. The van der Waals surface area contributed by atoms with Crippen molar-refractivity contribution < 1.29 is 44.8 Å². The van der Waals surface area contributed by atoms with Gasteiger partial charge in [-0.15, -0.1) is 0 Å². The second kappa shape index (κ2) is 9.78. The minimum absolute atomic E-state index is 0.246. The topological polar surface area (TPSA) is 149 Å². The predicted molar refractivity (Wildman–Crippen MR) is 99.8 cm³/mol. The van der Waals surface area contributed by atoms with Crippen molar-refractivity contribution >= 4 is 0 Å². The van der Waals surface area contributed by atoms with Crippen LogP contribution in [0, 0.1) is 0 Å². The molecule has 0 saturated carbocycles. The number of ether oxygens (including phenoxy) is 3. The molecule has 10 unspecified atom stereocenters. The van der Waals surface area contributed by atoms with Gasteiger partial charge in [0.2, 0.25) is 0 Å². The van der Waals surface area contributed by atoms with E-state index in [1.165, 1.54) is 6.92 Å². The number of aryl methyl sites for hydroxylation is 1. The maximum absolute atomic E-state index is 10.3. The van der Waals surface area contributed by atoms with Gasteiger partial charge in [0.1, 0.15) is 42.7 Å². The molecule has 2 saturated heterocycles. The fourth-order valence-corrected chi connectivity index (χ4v) is 3.70. The van der Waals surface area contributed by atoms with Crippen LogP contribution >= 0.6 is 0 Å². The lowest BCUT2D eigenvalue weighted by Crippen LogP contribution is -2.60. The highest BCUT2D eigenvalue weighted by atomic mass is 16.7. The lowest BCUT2D eigenvalue weighted by atomic mass is 9.92. The van der Waals surface area contributed by atoms with Crippen molar-refractivity contribution in [1.82, 2.24) is 0 Å². The number of aliphatic hydroxyl groups is 6. The lowest BCUT2D eigenvalue weighted by molar-refractivity contribution is -0.308. The zero-order valence-corrected chi connectivity index (χ0v) is 16.2. The molecular formula is C20H30O9. The molecule has 9 heteroatoms. The highest BCUT2D eigenvalue weighted by Crippen LogP contribution is 2.27. The van der Waals surface area contributed by atoms with Gasteiger partial charge in [-0.05, 0) is 25.3 Å². The SMILES string of the molecule is CC1OC(OCC2OC(CCc3ccccc3)C(O)C(O)C2O)C(O)C(O)C1O. The summed E-state index contributed by atoms with van der Waals surface area (Å²) in [6.07, 6.45) is -10.9. The molecule has 164 valence electrons. The number of benzene rings is 1. The van der Waals surface area contributed by atoms with Crippen LogP contribution in [0.25, 0.3) is 0 Å². The van der Waals surface area contributed by atoms with Gasteiger partial charge >= 0.3 is 0 Å². The molecule has 0 aliphatic carbocycles. The quantitative estimate of drug-likeness (QED) is 0.321. The average Bonchev–Trinajstić information content (AvgIpc) is 2.73. The van der Waals surface area contributed by atoms with Gasteiger partial charge < -0.3 is 44.8 Å². The van der Waals surface area contributed by atoms with E-state index in [0.717, 1.165) is 5.56 Å². The molecule has 10 atom stereocenters. The molecule has 0 spiro atoms. The summed E-state index contributed by atoms with van der Waals surface area (Å²) in [4.78, 5) is 0. The smallest absolute Gasteiger partial charge is 0.186 e. The van der Waals surface area contributed by atoms with Crippen LogP contribution in [0.3, 0.4) is 0 Å². The average molecular weight is 414 g/mol. The zero-order chi connectivity index (χ0) is 21.1. The second-order valence-corrected chi connectivity index (χ2v) is 7.72. The monoisotopic (exact) mass is 414 g/mol. The highest BCUT2D eigenvalue weighted by molar-refractivity contribution is 5.15. The number of aliphatic hydroxyl groups excluding tert-OH is 6. The fraction of sp³-hybridized carbons (Fsp3) is 0.700. The van der Waals surface area contributed by atoms with Crippen LogP contribution in [0.4, 0.5) is 0 Å². The minimum Gasteiger partial charge on any atom is -0.388 e. The summed E-state index contributed by atoms with van der Waals surface area (Å²) in [6.45, 7) is 1.28. The number of hydrogen-bond donors (Lipinski definition) is 6. The maximum atomic E-state index is 10.3. The second-order valence-electron chi connectivity index (χ2n) is 7.72. The predicted octanol–water partition coefficient (Wildman–Crippen LogP) is -1.69. The molecule has 2 aliphatic rings. The summed E-state index contributed by atoms with van der Waals surface area (Å²) in [5, 5.41) is 60.3. The molecule has 0 bridgehead atoms. The highest BCUT2D eigenvalue weighted by Gasteiger charge is 2.46. The van der Waals surface area contributed by atoms with Crippen LogP contribution in [0.15, 0.2) is 30.3 Å². The molecule has 0 radical (unpaired) electrons. The van der Waals surface area contributed by atoms with Gasteiger partial charge in [0, 0.05) is 0 Å². The molecule has 2 heterocycles. The molecule has 2 aliphatic heterocycles. The van der Waals surface area contributed by atoms with E-state index >= 15 is 0 Å². The normalized spacial score (nSPS) is 43.3. The van der Waals surface area contributed by atoms with Gasteiger partial charge in [-0.25, -0.2) is 0 Å². The van der Waals surface area contributed by atoms with E-state index in [4.69, 9.17) is 14.2 Å². The molecule has 1 aromatic carbocycles. The molecule has 1 aromatic rings. The third-order valence-corrected chi connectivity index (χ3v) is 5.60. The summed E-state index contributed by atoms with van der Waals surface area (Å²) in [6, 6.07) is 9.62. The van der Waals surface area contributed by atoms with Gasteiger partial charge in [0.15, 0.2) is 6.29 Å². The summed E-state index contributed by atoms with van der Waals surface area (Å²) >= 11 is 0. The Morgan fingerprint density at radius 3 is 2.07 bits per heavy atom. The van der Waals surface area contributed by atoms with E-state index in [2.05, 4.69) is 0 Å². The van der Waals surface area contributed by atoms with Crippen molar-refractivity contribution in [2.45, 2.75) is 81.0 Å². The van der Waals surface area contributed by atoms with Crippen LogP contribution in [0.1, 0.15) is 18.9 Å². The first-order chi connectivity index (χ1) is 13.8. The van der Waals surface area contributed by atoms with Gasteiger partial charge in [-0.2, -0.15) is 0 Å². The third-order valence-electron chi connectivity index (χ3n) is 5.60. The zero-order valence-electron chi connectivity index (χ0n) is 16.2. The molecule has 0 aromatic heterocycles. The minimum atomic E-state index is -1.48. The first-order valence-electron chi connectivity index (χ1n) is 9.84. The first kappa shape index (κ1) is 22.5. The molecule has 6 N–H and O–H groups in total. The van der Waals surface area contributed by atoms with E-state index < -0.39 is 61.2 Å².